The quantitative estimate of drug-likeness (QED) is 0.574. The fourth-order valence-corrected chi connectivity index (χ4v) is 2.70. The average molecular weight is 387 g/mol. The van der Waals surface area contributed by atoms with Crippen LogP contribution in [0.4, 0.5) is 13.2 Å². The number of likely N-dealkylation sites (tertiary alicyclic amines) is 1. The monoisotopic (exact) mass is 387 g/mol. The summed E-state index contributed by atoms with van der Waals surface area (Å²) in [5.41, 5.74) is 0.708. The summed E-state index contributed by atoms with van der Waals surface area (Å²) in [6.45, 7) is 2.14. The van der Waals surface area contributed by atoms with Crippen LogP contribution in [0.5, 0.6) is 5.88 Å². The number of carbonyl (C=O) groups is 1. The number of rotatable bonds is 6. The van der Waals surface area contributed by atoms with E-state index in [4.69, 9.17) is 0 Å². The van der Waals surface area contributed by atoms with Crippen molar-refractivity contribution in [2.75, 3.05) is 26.7 Å². The van der Waals surface area contributed by atoms with Gasteiger partial charge in [-0.25, -0.2) is 4.98 Å². The smallest absolute Gasteiger partial charge is 0.422 e. The number of guanidine groups is 1. The molecule has 2 heterocycles. The number of alkyl halides is 3. The Hall–Kier alpha value is -2.52. The fraction of sp³-hybridized carbons (Fsp3) is 0.588. The zero-order chi connectivity index (χ0) is 19.9. The molecule has 1 amide bonds. The Bertz CT molecular complexity index is 666. The first kappa shape index (κ1) is 20.8. The summed E-state index contributed by atoms with van der Waals surface area (Å²) in [7, 11) is 1.63. The van der Waals surface area contributed by atoms with Gasteiger partial charge in [0.2, 0.25) is 11.8 Å². The van der Waals surface area contributed by atoms with Crippen molar-refractivity contribution >= 4 is 11.9 Å². The first-order valence-electron chi connectivity index (χ1n) is 8.70. The molecule has 2 N–H and O–H groups in total. The third-order valence-corrected chi connectivity index (χ3v) is 4.05. The maximum absolute atomic E-state index is 12.2. The predicted molar refractivity (Wildman–Crippen MR) is 94.4 cm³/mol. The van der Waals surface area contributed by atoms with E-state index in [-0.39, 0.29) is 17.8 Å². The summed E-state index contributed by atoms with van der Waals surface area (Å²) in [5.74, 6) is 0.602. The van der Waals surface area contributed by atoms with Gasteiger partial charge in [0, 0.05) is 51.4 Å². The molecule has 27 heavy (non-hydrogen) atoms. The highest BCUT2D eigenvalue weighted by Crippen LogP contribution is 2.17. The Labute approximate surface area is 156 Å². The van der Waals surface area contributed by atoms with Gasteiger partial charge in [-0.3, -0.25) is 9.79 Å². The molecule has 0 saturated carbocycles. The van der Waals surface area contributed by atoms with Crippen LogP contribution in [0.1, 0.15) is 25.3 Å². The van der Waals surface area contributed by atoms with Crippen molar-refractivity contribution in [1.29, 1.82) is 0 Å². The number of nitrogens with one attached hydrogen (secondary N) is 2. The minimum Gasteiger partial charge on any atom is -0.468 e. The van der Waals surface area contributed by atoms with Gasteiger partial charge in [-0.05, 0) is 18.1 Å². The number of aliphatic imine (C=N–C) groups is 1. The van der Waals surface area contributed by atoms with Gasteiger partial charge >= 0.3 is 6.18 Å². The molecule has 10 heteroatoms. The van der Waals surface area contributed by atoms with E-state index in [0.29, 0.717) is 37.6 Å². The van der Waals surface area contributed by atoms with Gasteiger partial charge in [0.25, 0.3) is 0 Å². The predicted octanol–water partition coefficient (Wildman–Crippen LogP) is 1.70. The molecule has 1 unspecified atom stereocenters. The van der Waals surface area contributed by atoms with Crippen LogP contribution in [-0.2, 0) is 11.3 Å². The number of hydrogen-bond acceptors (Lipinski definition) is 4. The molecule has 0 radical (unpaired) electrons. The van der Waals surface area contributed by atoms with Crippen LogP contribution >= 0.6 is 0 Å². The zero-order valence-corrected chi connectivity index (χ0v) is 15.3. The van der Waals surface area contributed by atoms with Crippen molar-refractivity contribution in [3.8, 4) is 5.88 Å². The highest BCUT2D eigenvalue weighted by Gasteiger charge is 2.28. The number of halogens is 3. The molecular weight excluding hydrogens is 363 g/mol. The van der Waals surface area contributed by atoms with E-state index in [1.54, 1.807) is 13.1 Å². The number of ether oxygens (including phenoxy) is 1. The van der Waals surface area contributed by atoms with Crippen molar-refractivity contribution in [3.05, 3.63) is 23.9 Å². The second-order valence-corrected chi connectivity index (χ2v) is 6.16. The lowest BCUT2D eigenvalue weighted by Gasteiger charge is -2.19. The minimum atomic E-state index is -4.41. The summed E-state index contributed by atoms with van der Waals surface area (Å²) in [6, 6.07) is 3.23. The second-order valence-electron chi connectivity index (χ2n) is 6.16. The lowest BCUT2D eigenvalue weighted by Crippen LogP contribution is -2.44. The number of amides is 1. The maximum atomic E-state index is 12.2. The third-order valence-electron chi connectivity index (χ3n) is 4.05. The van der Waals surface area contributed by atoms with E-state index < -0.39 is 12.8 Å². The molecule has 0 aliphatic carbocycles. The molecular formula is C17H24F3N5O2. The van der Waals surface area contributed by atoms with Crippen LogP contribution in [0.15, 0.2) is 23.3 Å². The second kappa shape index (κ2) is 9.43. The molecule has 1 aromatic rings. The molecule has 0 bridgehead atoms. The number of carbonyl (C=O) groups excluding carboxylic acids is 1. The van der Waals surface area contributed by atoms with Gasteiger partial charge in [-0.15, -0.1) is 0 Å². The number of hydrogen-bond donors (Lipinski definition) is 2. The van der Waals surface area contributed by atoms with Crippen LogP contribution in [0.3, 0.4) is 0 Å². The summed E-state index contributed by atoms with van der Waals surface area (Å²) in [4.78, 5) is 21.5. The SMILES string of the molecule is CCC(=O)N1CCC(NC(=NC)NCc2ccnc(OCC(F)(F)F)c2)C1. The van der Waals surface area contributed by atoms with Crippen LogP contribution in [-0.4, -0.2) is 60.7 Å². The Balaban J connectivity index is 1.83. The van der Waals surface area contributed by atoms with E-state index in [0.717, 1.165) is 6.42 Å². The highest BCUT2D eigenvalue weighted by molar-refractivity contribution is 5.80. The molecule has 1 aliphatic heterocycles. The van der Waals surface area contributed by atoms with E-state index in [1.165, 1.54) is 12.3 Å². The van der Waals surface area contributed by atoms with Crippen LogP contribution in [0.25, 0.3) is 0 Å². The average Bonchev–Trinajstić information content (AvgIpc) is 3.11. The summed E-state index contributed by atoms with van der Waals surface area (Å²) < 4.78 is 41.3. The molecule has 1 fully saturated rings. The van der Waals surface area contributed by atoms with Gasteiger partial charge in [-0.2, -0.15) is 13.2 Å². The molecule has 2 rings (SSSR count). The van der Waals surface area contributed by atoms with Gasteiger partial charge in [0.15, 0.2) is 12.6 Å². The molecule has 0 aromatic carbocycles. The minimum absolute atomic E-state index is 0.0842. The molecule has 7 nitrogen and oxygen atoms in total. The van der Waals surface area contributed by atoms with Crippen molar-refractivity contribution in [2.45, 2.75) is 38.5 Å². The van der Waals surface area contributed by atoms with Crippen molar-refractivity contribution in [1.82, 2.24) is 20.5 Å². The Morgan fingerprint density at radius 2 is 2.26 bits per heavy atom. The molecule has 1 aromatic heterocycles. The van der Waals surface area contributed by atoms with Crippen LogP contribution < -0.4 is 15.4 Å². The molecule has 0 spiro atoms. The largest absolute Gasteiger partial charge is 0.468 e. The van der Waals surface area contributed by atoms with Gasteiger partial charge in [0.1, 0.15) is 0 Å². The van der Waals surface area contributed by atoms with Crippen molar-refractivity contribution < 1.29 is 22.7 Å². The third kappa shape index (κ3) is 6.95. The van der Waals surface area contributed by atoms with E-state index >= 15 is 0 Å². The molecule has 150 valence electrons. The van der Waals surface area contributed by atoms with Gasteiger partial charge < -0.3 is 20.3 Å². The lowest BCUT2D eigenvalue weighted by atomic mass is 10.2. The highest BCUT2D eigenvalue weighted by atomic mass is 19.4. The first-order valence-corrected chi connectivity index (χ1v) is 8.70. The normalized spacial score (nSPS) is 17.7. The summed E-state index contributed by atoms with van der Waals surface area (Å²) >= 11 is 0. The Morgan fingerprint density at radius 3 is 2.93 bits per heavy atom. The summed E-state index contributed by atoms with van der Waals surface area (Å²) in [5, 5.41) is 6.35. The maximum Gasteiger partial charge on any atom is 0.422 e. The lowest BCUT2D eigenvalue weighted by molar-refractivity contribution is -0.154. The van der Waals surface area contributed by atoms with Crippen molar-refractivity contribution in [3.63, 3.8) is 0 Å². The Kier molecular flexibility index (Phi) is 7.26. The van der Waals surface area contributed by atoms with E-state index in [2.05, 4.69) is 25.3 Å². The topological polar surface area (TPSA) is 78.9 Å². The number of nitrogens with zero attached hydrogens (tertiary/aromatic N) is 3. The van der Waals surface area contributed by atoms with Crippen molar-refractivity contribution in [2.24, 2.45) is 4.99 Å². The number of pyridine rings is 1. The van der Waals surface area contributed by atoms with Crippen LogP contribution in [0.2, 0.25) is 0 Å². The standard InChI is InChI=1S/C17H24F3N5O2/c1-3-15(26)25-7-5-13(10-25)24-16(21-2)23-9-12-4-6-22-14(8-12)27-11-17(18,19)20/h4,6,8,13H,3,5,7,9-11H2,1-2H3,(H2,21,23,24). The van der Waals surface area contributed by atoms with Crippen LogP contribution in [0, 0.1) is 0 Å². The molecule has 1 saturated heterocycles. The summed E-state index contributed by atoms with van der Waals surface area (Å²) in [6.07, 6.45) is -1.70. The number of aromatic nitrogens is 1. The zero-order valence-electron chi connectivity index (χ0n) is 15.3. The van der Waals surface area contributed by atoms with E-state index in [1.807, 2.05) is 11.8 Å². The molecule has 1 atom stereocenters. The first-order chi connectivity index (χ1) is 12.8. The fourth-order valence-electron chi connectivity index (χ4n) is 2.70. The van der Waals surface area contributed by atoms with Gasteiger partial charge in [0.05, 0.1) is 0 Å². The van der Waals surface area contributed by atoms with E-state index in [9.17, 15) is 18.0 Å². The Morgan fingerprint density at radius 1 is 1.48 bits per heavy atom. The molecule has 1 aliphatic rings. The van der Waals surface area contributed by atoms with Gasteiger partial charge in [-0.1, -0.05) is 6.92 Å².